The largest absolute Gasteiger partial charge is 0.339 e. The van der Waals surface area contributed by atoms with Crippen molar-refractivity contribution < 1.29 is 4.79 Å². The van der Waals surface area contributed by atoms with Gasteiger partial charge in [0, 0.05) is 48.6 Å². The summed E-state index contributed by atoms with van der Waals surface area (Å²) >= 11 is 0. The fraction of sp³-hybridized carbons (Fsp3) is 0.0526. The molecule has 0 aliphatic heterocycles. The Balaban J connectivity index is 1.80. The Hall–Kier alpha value is -3.74. The molecule has 0 fully saturated rings. The molecule has 4 rings (SSSR count). The lowest BCUT2D eigenvalue weighted by molar-refractivity contribution is -0.114. The van der Waals surface area contributed by atoms with Crippen LogP contribution in [0, 0.1) is 0 Å². The average molecular weight is 344 g/mol. The number of imidazole rings is 1. The maximum absolute atomic E-state index is 11.3. The van der Waals surface area contributed by atoms with Gasteiger partial charge in [-0.25, -0.2) is 4.98 Å². The first-order valence-electron chi connectivity index (χ1n) is 8.08. The van der Waals surface area contributed by atoms with E-state index in [1.54, 1.807) is 24.8 Å². The zero-order chi connectivity index (χ0) is 17.9. The van der Waals surface area contributed by atoms with E-state index in [-0.39, 0.29) is 5.91 Å². The van der Waals surface area contributed by atoms with Crippen LogP contribution >= 0.6 is 0 Å². The number of hydrogen-bond donors (Lipinski definition) is 2. The first-order valence-corrected chi connectivity index (χ1v) is 8.08. The first-order chi connectivity index (χ1) is 12.7. The zero-order valence-corrected chi connectivity index (χ0v) is 14.0. The van der Waals surface area contributed by atoms with Crippen LogP contribution in [0.15, 0.2) is 67.4 Å². The number of amides is 1. The standard InChI is InChI=1S/C19H16N6O/c1-13(26)22-15-3-2-4-16(11-15)23-19-18(14-5-7-20-8-6-14)24-17-12-21-9-10-25(17)19/h2-12,23H,1H3,(H,22,26). The number of benzene rings is 1. The smallest absolute Gasteiger partial charge is 0.221 e. The Morgan fingerprint density at radius 1 is 1.04 bits per heavy atom. The van der Waals surface area contributed by atoms with Crippen molar-refractivity contribution in [3.8, 4) is 11.3 Å². The van der Waals surface area contributed by atoms with Crippen molar-refractivity contribution in [1.29, 1.82) is 0 Å². The molecule has 0 saturated heterocycles. The van der Waals surface area contributed by atoms with Crippen LogP contribution in [0.2, 0.25) is 0 Å². The third-order valence-electron chi connectivity index (χ3n) is 3.83. The van der Waals surface area contributed by atoms with E-state index in [2.05, 4.69) is 20.6 Å². The summed E-state index contributed by atoms with van der Waals surface area (Å²) in [5.74, 6) is 0.703. The molecule has 1 aromatic carbocycles. The number of nitrogens with zero attached hydrogens (tertiary/aromatic N) is 4. The molecule has 0 radical (unpaired) electrons. The predicted octanol–water partition coefficient (Wildman–Crippen LogP) is 3.49. The summed E-state index contributed by atoms with van der Waals surface area (Å²) in [4.78, 5) is 24.2. The molecule has 128 valence electrons. The summed E-state index contributed by atoms with van der Waals surface area (Å²) in [6.07, 6.45) is 8.75. The molecule has 0 unspecified atom stereocenters. The first kappa shape index (κ1) is 15.8. The van der Waals surface area contributed by atoms with Gasteiger partial charge in [0.05, 0.1) is 6.20 Å². The zero-order valence-electron chi connectivity index (χ0n) is 14.0. The van der Waals surface area contributed by atoms with Crippen molar-refractivity contribution >= 4 is 28.7 Å². The number of hydrogen-bond acceptors (Lipinski definition) is 5. The number of carbonyl (C=O) groups is 1. The van der Waals surface area contributed by atoms with Crippen molar-refractivity contribution in [3.63, 3.8) is 0 Å². The summed E-state index contributed by atoms with van der Waals surface area (Å²) in [6, 6.07) is 11.3. The van der Waals surface area contributed by atoms with Gasteiger partial charge in [-0.05, 0) is 30.3 Å². The van der Waals surface area contributed by atoms with Gasteiger partial charge in [0.2, 0.25) is 5.91 Å². The number of fused-ring (bicyclic) bond motifs is 1. The van der Waals surface area contributed by atoms with Crippen LogP contribution in [0.25, 0.3) is 16.9 Å². The highest BCUT2D eigenvalue weighted by atomic mass is 16.1. The third-order valence-corrected chi connectivity index (χ3v) is 3.83. The van der Waals surface area contributed by atoms with Gasteiger partial charge in [-0.2, -0.15) is 0 Å². The van der Waals surface area contributed by atoms with Crippen LogP contribution in [-0.4, -0.2) is 25.3 Å². The Morgan fingerprint density at radius 3 is 2.65 bits per heavy atom. The van der Waals surface area contributed by atoms with Crippen LogP contribution in [0.4, 0.5) is 17.2 Å². The number of anilines is 3. The highest BCUT2D eigenvalue weighted by Crippen LogP contribution is 2.31. The van der Waals surface area contributed by atoms with Gasteiger partial charge >= 0.3 is 0 Å². The Morgan fingerprint density at radius 2 is 1.85 bits per heavy atom. The molecule has 0 spiro atoms. The highest BCUT2D eigenvalue weighted by molar-refractivity contribution is 5.89. The lowest BCUT2D eigenvalue weighted by Gasteiger charge is -2.10. The summed E-state index contributed by atoms with van der Waals surface area (Å²) in [6.45, 7) is 1.49. The fourth-order valence-corrected chi connectivity index (χ4v) is 2.75. The topological polar surface area (TPSA) is 84.2 Å². The van der Waals surface area contributed by atoms with Crippen molar-refractivity contribution in [2.45, 2.75) is 6.92 Å². The molecular weight excluding hydrogens is 328 g/mol. The van der Waals surface area contributed by atoms with E-state index >= 15 is 0 Å². The fourth-order valence-electron chi connectivity index (χ4n) is 2.75. The van der Waals surface area contributed by atoms with E-state index in [1.807, 2.05) is 47.0 Å². The second kappa shape index (κ2) is 6.64. The van der Waals surface area contributed by atoms with Crippen molar-refractivity contribution in [1.82, 2.24) is 19.4 Å². The summed E-state index contributed by atoms with van der Waals surface area (Å²) in [5.41, 5.74) is 4.04. The van der Waals surface area contributed by atoms with E-state index in [9.17, 15) is 4.79 Å². The van der Waals surface area contributed by atoms with Gasteiger partial charge in [0.25, 0.3) is 0 Å². The maximum Gasteiger partial charge on any atom is 0.221 e. The van der Waals surface area contributed by atoms with Crippen LogP contribution in [-0.2, 0) is 4.79 Å². The number of nitrogens with one attached hydrogen (secondary N) is 2. The van der Waals surface area contributed by atoms with Gasteiger partial charge in [0.15, 0.2) is 5.65 Å². The van der Waals surface area contributed by atoms with Gasteiger partial charge in [-0.1, -0.05) is 6.07 Å². The quantitative estimate of drug-likeness (QED) is 0.592. The second-order valence-corrected chi connectivity index (χ2v) is 5.74. The molecule has 0 atom stereocenters. The van der Waals surface area contributed by atoms with Crippen LogP contribution < -0.4 is 10.6 Å². The molecule has 7 heteroatoms. The number of rotatable bonds is 4. The molecule has 2 N–H and O–H groups in total. The minimum absolute atomic E-state index is 0.111. The molecule has 0 bridgehead atoms. The number of carbonyl (C=O) groups excluding carboxylic acids is 1. The van der Waals surface area contributed by atoms with Crippen LogP contribution in [0.5, 0.6) is 0 Å². The summed E-state index contributed by atoms with van der Waals surface area (Å²) in [7, 11) is 0. The van der Waals surface area contributed by atoms with E-state index < -0.39 is 0 Å². The number of pyridine rings is 1. The molecule has 3 heterocycles. The lowest BCUT2D eigenvalue weighted by atomic mass is 10.2. The molecule has 0 aliphatic rings. The molecule has 0 aliphatic carbocycles. The summed E-state index contributed by atoms with van der Waals surface area (Å²) < 4.78 is 1.94. The Labute approximate surface area is 149 Å². The van der Waals surface area contributed by atoms with E-state index in [0.717, 1.165) is 34.1 Å². The minimum Gasteiger partial charge on any atom is -0.339 e. The van der Waals surface area contributed by atoms with Crippen LogP contribution in [0.3, 0.4) is 0 Å². The van der Waals surface area contributed by atoms with Crippen LogP contribution in [0.1, 0.15) is 6.92 Å². The van der Waals surface area contributed by atoms with E-state index in [0.29, 0.717) is 0 Å². The van der Waals surface area contributed by atoms with Crippen molar-refractivity contribution in [2.24, 2.45) is 0 Å². The number of aromatic nitrogens is 4. The summed E-state index contributed by atoms with van der Waals surface area (Å²) in [5, 5.41) is 6.20. The molecule has 1 amide bonds. The van der Waals surface area contributed by atoms with E-state index in [4.69, 9.17) is 4.98 Å². The molecule has 26 heavy (non-hydrogen) atoms. The second-order valence-electron chi connectivity index (χ2n) is 5.74. The van der Waals surface area contributed by atoms with Crippen molar-refractivity contribution in [2.75, 3.05) is 10.6 Å². The lowest BCUT2D eigenvalue weighted by Crippen LogP contribution is -2.06. The van der Waals surface area contributed by atoms with Crippen molar-refractivity contribution in [3.05, 3.63) is 67.4 Å². The maximum atomic E-state index is 11.3. The highest BCUT2D eigenvalue weighted by Gasteiger charge is 2.14. The molecule has 7 nitrogen and oxygen atoms in total. The molecular formula is C19H16N6O. The third kappa shape index (κ3) is 3.10. The SMILES string of the molecule is CC(=O)Nc1cccc(Nc2c(-c3ccncc3)nc3cnccn23)c1. The normalized spacial score (nSPS) is 10.7. The Kier molecular flexibility index (Phi) is 4.03. The molecule has 4 aromatic rings. The van der Waals surface area contributed by atoms with Gasteiger partial charge in [0.1, 0.15) is 11.5 Å². The minimum atomic E-state index is -0.111. The molecule has 0 saturated carbocycles. The molecule has 3 aromatic heterocycles. The van der Waals surface area contributed by atoms with E-state index in [1.165, 1.54) is 6.92 Å². The predicted molar refractivity (Wildman–Crippen MR) is 100 cm³/mol. The van der Waals surface area contributed by atoms with Gasteiger partial charge in [-0.3, -0.25) is 19.2 Å². The van der Waals surface area contributed by atoms with Gasteiger partial charge in [-0.15, -0.1) is 0 Å². The Bertz CT molecular complexity index is 1070. The monoisotopic (exact) mass is 344 g/mol. The average Bonchev–Trinajstić information content (AvgIpc) is 3.01. The van der Waals surface area contributed by atoms with Gasteiger partial charge < -0.3 is 10.6 Å².